The first-order chi connectivity index (χ1) is 9.63. The summed E-state index contributed by atoms with van der Waals surface area (Å²) in [7, 11) is -3.23. The summed E-state index contributed by atoms with van der Waals surface area (Å²) in [5.41, 5.74) is 1.51. The zero-order valence-corrected chi connectivity index (χ0v) is 14.0. The van der Waals surface area contributed by atoms with E-state index in [4.69, 9.17) is 0 Å². The van der Waals surface area contributed by atoms with Crippen LogP contribution < -0.4 is 5.32 Å². The number of pyridine rings is 1. The molecule has 1 aromatic rings. The number of rotatable bonds is 3. The summed E-state index contributed by atoms with van der Waals surface area (Å²) in [5.74, 6) is 0.781. The fourth-order valence-electron chi connectivity index (χ4n) is 4.51. The minimum Gasteiger partial charge on any atom is -0.380 e. The van der Waals surface area contributed by atoms with Crippen molar-refractivity contribution in [1.82, 2.24) is 4.98 Å². The molecule has 0 saturated heterocycles. The molecule has 5 heteroatoms. The molecule has 0 radical (unpaired) electrons. The van der Waals surface area contributed by atoms with Crippen LogP contribution in [0.3, 0.4) is 0 Å². The molecule has 0 amide bonds. The standard InChI is InChI=1S/C16H24N2O2S/c1-15(2)11-7-8-16(3,9-11)14(15)18-12-5-6-13(17-10-12)21(4,19)20/h5-6,10-11,14,18H,7-9H2,1-4H3/t11-,14?,16+/m0/s1. The van der Waals surface area contributed by atoms with Gasteiger partial charge >= 0.3 is 0 Å². The Bertz CT molecular complexity index is 647. The van der Waals surface area contributed by atoms with Gasteiger partial charge in [-0.2, -0.15) is 0 Å². The van der Waals surface area contributed by atoms with Crippen molar-refractivity contribution < 1.29 is 8.42 Å². The molecule has 1 N–H and O–H groups in total. The molecule has 21 heavy (non-hydrogen) atoms. The Labute approximate surface area is 127 Å². The summed E-state index contributed by atoms with van der Waals surface area (Å²) in [6.07, 6.45) is 6.71. The Morgan fingerprint density at radius 3 is 2.48 bits per heavy atom. The number of sulfone groups is 1. The number of anilines is 1. The van der Waals surface area contributed by atoms with Crippen LogP contribution in [0.15, 0.2) is 23.4 Å². The van der Waals surface area contributed by atoms with Crippen LogP contribution in [0, 0.1) is 16.7 Å². The molecule has 0 spiro atoms. The van der Waals surface area contributed by atoms with Gasteiger partial charge in [0.15, 0.2) is 14.9 Å². The van der Waals surface area contributed by atoms with E-state index in [2.05, 4.69) is 31.1 Å². The lowest BCUT2D eigenvalue weighted by Gasteiger charge is -2.43. The van der Waals surface area contributed by atoms with Crippen molar-refractivity contribution in [2.45, 2.75) is 51.1 Å². The van der Waals surface area contributed by atoms with Gasteiger partial charge in [-0.05, 0) is 48.1 Å². The molecular formula is C16H24N2O2S. The normalized spacial score (nSPS) is 34.1. The molecule has 2 bridgehead atoms. The number of hydrogen-bond acceptors (Lipinski definition) is 4. The quantitative estimate of drug-likeness (QED) is 0.932. The van der Waals surface area contributed by atoms with Gasteiger partial charge in [0.2, 0.25) is 0 Å². The zero-order valence-electron chi connectivity index (χ0n) is 13.2. The van der Waals surface area contributed by atoms with Crippen molar-refractivity contribution in [3.05, 3.63) is 18.3 Å². The van der Waals surface area contributed by atoms with E-state index < -0.39 is 9.84 Å². The van der Waals surface area contributed by atoms with Crippen LogP contribution in [0.1, 0.15) is 40.0 Å². The third-order valence-corrected chi connectivity index (χ3v) is 6.70. The molecule has 1 aromatic heterocycles. The van der Waals surface area contributed by atoms with Crippen LogP contribution >= 0.6 is 0 Å². The smallest absolute Gasteiger partial charge is 0.192 e. The van der Waals surface area contributed by atoms with Gasteiger partial charge in [-0.25, -0.2) is 13.4 Å². The average Bonchev–Trinajstić information content (AvgIpc) is 2.85. The summed E-state index contributed by atoms with van der Waals surface area (Å²) in [6.45, 7) is 7.06. The fraction of sp³-hybridized carbons (Fsp3) is 0.688. The number of fused-ring (bicyclic) bond motifs is 2. The highest BCUT2D eigenvalue weighted by Gasteiger charge is 2.59. The summed E-state index contributed by atoms with van der Waals surface area (Å²) in [4.78, 5) is 4.07. The maximum absolute atomic E-state index is 11.5. The van der Waals surface area contributed by atoms with E-state index in [1.807, 2.05) is 6.07 Å². The molecule has 1 unspecified atom stereocenters. The molecule has 4 nitrogen and oxygen atoms in total. The van der Waals surface area contributed by atoms with Gasteiger partial charge in [0.25, 0.3) is 0 Å². The highest BCUT2D eigenvalue weighted by Crippen LogP contribution is 2.63. The van der Waals surface area contributed by atoms with E-state index in [9.17, 15) is 8.42 Å². The summed E-state index contributed by atoms with van der Waals surface area (Å²) in [6, 6.07) is 3.82. The van der Waals surface area contributed by atoms with E-state index in [0.717, 1.165) is 11.6 Å². The first kappa shape index (κ1) is 14.8. The number of hydrogen-bond donors (Lipinski definition) is 1. The second kappa shape index (κ2) is 4.45. The van der Waals surface area contributed by atoms with E-state index in [0.29, 0.717) is 11.5 Å². The molecule has 1 heterocycles. The SMILES string of the molecule is CC1(C)C(Nc2ccc(S(C)(=O)=O)nc2)[C@]2(C)CC[C@H]1C2. The fourth-order valence-corrected chi connectivity index (χ4v) is 5.07. The Morgan fingerprint density at radius 2 is 2.00 bits per heavy atom. The molecule has 2 aliphatic carbocycles. The van der Waals surface area contributed by atoms with Crippen molar-refractivity contribution in [3.63, 3.8) is 0 Å². The van der Waals surface area contributed by atoms with Gasteiger partial charge < -0.3 is 5.32 Å². The minimum absolute atomic E-state index is 0.131. The van der Waals surface area contributed by atoms with Gasteiger partial charge in [0.05, 0.1) is 11.9 Å². The molecule has 2 saturated carbocycles. The lowest BCUT2D eigenvalue weighted by Crippen LogP contribution is -2.45. The molecule has 0 aromatic carbocycles. The molecule has 2 fully saturated rings. The molecule has 0 aliphatic heterocycles. The van der Waals surface area contributed by atoms with Crippen LogP contribution in [0.4, 0.5) is 5.69 Å². The minimum atomic E-state index is -3.23. The molecule has 116 valence electrons. The highest BCUT2D eigenvalue weighted by molar-refractivity contribution is 7.90. The topological polar surface area (TPSA) is 59.1 Å². The lowest BCUT2D eigenvalue weighted by molar-refractivity contribution is 0.155. The number of nitrogens with zero attached hydrogens (tertiary/aromatic N) is 1. The number of nitrogens with one attached hydrogen (secondary N) is 1. The van der Waals surface area contributed by atoms with Crippen LogP contribution in [0.25, 0.3) is 0 Å². The Hall–Kier alpha value is -1.10. The van der Waals surface area contributed by atoms with Crippen molar-refractivity contribution in [2.24, 2.45) is 16.7 Å². The maximum Gasteiger partial charge on any atom is 0.192 e. The lowest BCUT2D eigenvalue weighted by atomic mass is 9.68. The van der Waals surface area contributed by atoms with E-state index in [1.165, 1.54) is 25.5 Å². The third-order valence-electron chi connectivity index (χ3n) is 5.70. The van der Waals surface area contributed by atoms with Gasteiger partial charge in [-0.3, -0.25) is 0 Å². The first-order valence-electron chi connectivity index (χ1n) is 7.56. The summed E-state index contributed by atoms with van der Waals surface area (Å²) < 4.78 is 22.9. The van der Waals surface area contributed by atoms with E-state index in [-0.39, 0.29) is 10.4 Å². The zero-order chi connectivity index (χ0) is 15.5. The monoisotopic (exact) mass is 308 g/mol. The Morgan fingerprint density at radius 1 is 1.29 bits per heavy atom. The largest absolute Gasteiger partial charge is 0.380 e. The first-order valence-corrected chi connectivity index (χ1v) is 9.45. The van der Waals surface area contributed by atoms with E-state index >= 15 is 0 Å². The second-order valence-corrected chi connectivity index (χ2v) is 9.61. The van der Waals surface area contributed by atoms with Crippen molar-refractivity contribution in [2.75, 3.05) is 11.6 Å². The molecule has 2 aliphatic rings. The molecular weight excluding hydrogens is 284 g/mol. The second-order valence-electron chi connectivity index (χ2n) is 7.65. The number of aromatic nitrogens is 1. The average molecular weight is 308 g/mol. The van der Waals surface area contributed by atoms with Crippen molar-refractivity contribution in [3.8, 4) is 0 Å². The maximum atomic E-state index is 11.5. The van der Waals surface area contributed by atoms with Crippen LogP contribution in [0.5, 0.6) is 0 Å². The van der Waals surface area contributed by atoms with Gasteiger partial charge in [-0.1, -0.05) is 20.8 Å². The predicted octanol–water partition coefficient (Wildman–Crippen LogP) is 3.11. The molecule has 3 atom stereocenters. The summed E-state index contributed by atoms with van der Waals surface area (Å²) in [5, 5.41) is 3.76. The molecule has 3 rings (SSSR count). The van der Waals surface area contributed by atoms with Crippen LogP contribution in [0.2, 0.25) is 0 Å². The van der Waals surface area contributed by atoms with E-state index in [1.54, 1.807) is 12.3 Å². The van der Waals surface area contributed by atoms with Crippen molar-refractivity contribution in [1.29, 1.82) is 0 Å². The highest BCUT2D eigenvalue weighted by atomic mass is 32.2. The Balaban J connectivity index is 1.84. The van der Waals surface area contributed by atoms with Crippen LogP contribution in [-0.4, -0.2) is 25.7 Å². The van der Waals surface area contributed by atoms with Crippen molar-refractivity contribution >= 4 is 15.5 Å². The summed E-state index contributed by atoms with van der Waals surface area (Å²) >= 11 is 0. The van der Waals surface area contributed by atoms with Gasteiger partial charge in [0.1, 0.15) is 0 Å². The predicted molar refractivity (Wildman–Crippen MR) is 84.0 cm³/mol. The van der Waals surface area contributed by atoms with Gasteiger partial charge in [-0.15, -0.1) is 0 Å². The van der Waals surface area contributed by atoms with Gasteiger partial charge in [0, 0.05) is 12.3 Å². The third kappa shape index (κ3) is 2.35. The Kier molecular flexibility index (Phi) is 3.14. The van der Waals surface area contributed by atoms with Crippen LogP contribution in [-0.2, 0) is 9.84 Å².